The summed E-state index contributed by atoms with van der Waals surface area (Å²) in [7, 11) is 0. The minimum absolute atomic E-state index is 0.0863. The maximum Gasteiger partial charge on any atom is 0.331 e. The number of hydrogen-bond acceptors (Lipinski definition) is 5. The zero-order valence-electron chi connectivity index (χ0n) is 12.6. The molecule has 0 N–H and O–H groups in total. The number of hydrogen-bond donors (Lipinski definition) is 0. The van der Waals surface area contributed by atoms with Crippen LogP contribution in [-0.2, 0) is 19.1 Å². The third-order valence-electron chi connectivity index (χ3n) is 3.62. The van der Waals surface area contributed by atoms with Crippen molar-refractivity contribution in [3.63, 3.8) is 0 Å². The number of ether oxygens (including phenoxy) is 2. The summed E-state index contributed by atoms with van der Waals surface area (Å²) in [4.78, 5) is 35.9. The Bertz CT molecular complexity index is 605. The number of Topliss-reactive ketones (excluding diaryl/α,β-unsaturated/α-hetero) is 1. The second kappa shape index (κ2) is 6.56. The van der Waals surface area contributed by atoms with Crippen LogP contribution in [0.2, 0.25) is 0 Å². The summed E-state index contributed by atoms with van der Waals surface area (Å²) in [5, 5.41) is 0. The molecule has 0 saturated carbocycles. The van der Waals surface area contributed by atoms with Crippen molar-refractivity contribution >= 4 is 17.7 Å². The molecule has 116 valence electrons. The molecule has 2 atom stereocenters. The van der Waals surface area contributed by atoms with E-state index < -0.39 is 23.5 Å². The van der Waals surface area contributed by atoms with E-state index in [-0.39, 0.29) is 18.8 Å². The van der Waals surface area contributed by atoms with Crippen molar-refractivity contribution in [3.05, 3.63) is 48.0 Å². The van der Waals surface area contributed by atoms with Crippen LogP contribution in [0.3, 0.4) is 0 Å². The van der Waals surface area contributed by atoms with Gasteiger partial charge < -0.3 is 9.47 Å². The number of cyclic esters (lactones) is 1. The second-order valence-electron chi connectivity index (χ2n) is 5.24. The van der Waals surface area contributed by atoms with E-state index >= 15 is 0 Å². The first-order valence-electron chi connectivity index (χ1n) is 7.13. The molecule has 0 fully saturated rings. The number of esters is 2. The summed E-state index contributed by atoms with van der Waals surface area (Å²) < 4.78 is 10.2. The Kier molecular flexibility index (Phi) is 4.75. The first-order valence-corrected chi connectivity index (χ1v) is 7.13. The van der Waals surface area contributed by atoms with E-state index in [1.54, 1.807) is 38.1 Å². The summed E-state index contributed by atoms with van der Waals surface area (Å²) in [6.45, 7) is 3.49. The Morgan fingerprint density at radius 1 is 1.27 bits per heavy atom. The monoisotopic (exact) mass is 302 g/mol. The average molecular weight is 302 g/mol. The SMILES string of the molecule is CCOC(=O)C(CC(=O)c1ccccc1)C1(C)C=CC(=O)O1. The molecule has 22 heavy (non-hydrogen) atoms. The van der Waals surface area contributed by atoms with E-state index in [9.17, 15) is 14.4 Å². The number of rotatable bonds is 6. The van der Waals surface area contributed by atoms with E-state index in [2.05, 4.69) is 0 Å². The quantitative estimate of drug-likeness (QED) is 0.596. The third-order valence-corrected chi connectivity index (χ3v) is 3.62. The van der Waals surface area contributed by atoms with Gasteiger partial charge in [0.2, 0.25) is 0 Å². The maximum atomic E-state index is 12.4. The number of benzene rings is 1. The zero-order chi connectivity index (χ0) is 16.2. The molecule has 1 heterocycles. The van der Waals surface area contributed by atoms with Crippen molar-refractivity contribution in [1.29, 1.82) is 0 Å². The van der Waals surface area contributed by atoms with E-state index in [1.165, 1.54) is 12.2 Å². The maximum absolute atomic E-state index is 12.4. The second-order valence-corrected chi connectivity index (χ2v) is 5.24. The Balaban J connectivity index is 2.22. The Morgan fingerprint density at radius 3 is 2.50 bits per heavy atom. The van der Waals surface area contributed by atoms with Crippen LogP contribution in [0.1, 0.15) is 30.6 Å². The normalized spacial score (nSPS) is 21.3. The lowest BCUT2D eigenvalue weighted by Gasteiger charge is -2.29. The molecule has 0 amide bonds. The molecule has 1 aromatic carbocycles. The minimum atomic E-state index is -1.16. The van der Waals surface area contributed by atoms with Gasteiger partial charge in [0.05, 0.1) is 6.61 Å². The predicted molar refractivity (Wildman–Crippen MR) is 79.1 cm³/mol. The van der Waals surface area contributed by atoms with Crippen LogP contribution in [0.4, 0.5) is 0 Å². The van der Waals surface area contributed by atoms with Crippen LogP contribution in [-0.4, -0.2) is 29.9 Å². The highest BCUT2D eigenvalue weighted by Crippen LogP contribution is 2.32. The topological polar surface area (TPSA) is 69.7 Å². The molecule has 2 rings (SSSR count). The lowest BCUT2D eigenvalue weighted by molar-refractivity contribution is -0.162. The van der Waals surface area contributed by atoms with Crippen LogP contribution >= 0.6 is 0 Å². The highest BCUT2D eigenvalue weighted by Gasteiger charge is 2.45. The van der Waals surface area contributed by atoms with Gasteiger partial charge >= 0.3 is 11.9 Å². The molecule has 1 aromatic rings. The fourth-order valence-corrected chi connectivity index (χ4v) is 2.40. The van der Waals surface area contributed by atoms with Gasteiger partial charge in [-0.3, -0.25) is 9.59 Å². The van der Waals surface area contributed by atoms with Crippen LogP contribution in [0, 0.1) is 5.92 Å². The first-order chi connectivity index (χ1) is 10.5. The number of ketones is 1. The van der Waals surface area contributed by atoms with Gasteiger partial charge in [-0.1, -0.05) is 30.3 Å². The lowest BCUT2D eigenvalue weighted by Crippen LogP contribution is -2.41. The molecular formula is C17H18O5. The van der Waals surface area contributed by atoms with E-state index in [0.717, 1.165) is 0 Å². The molecule has 0 radical (unpaired) electrons. The standard InChI is InChI=1S/C17H18O5/c1-3-21-16(20)13(17(2)10-9-15(19)22-17)11-14(18)12-7-5-4-6-8-12/h4-10,13H,3,11H2,1-2H3. The lowest BCUT2D eigenvalue weighted by atomic mass is 9.84. The van der Waals surface area contributed by atoms with Crippen molar-refractivity contribution in [3.8, 4) is 0 Å². The van der Waals surface area contributed by atoms with Gasteiger partial charge in [0.25, 0.3) is 0 Å². The van der Waals surface area contributed by atoms with E-state index in [4.69, 9.17) is 9.47 Å². The zero-order valence-corrected chi connectivity index (χ0v) is 12.6. The van der Waals surface area contributed by atoms with Crippen molar-refractivity contribution in [1.82, 2.24) is 0 Å². The molecule has 5 nitrogen and oxygen atoms in total. The molecule has 1 aliphatic heterocycles. The summed E-state index contributed by atoms with van der Waals surface area (Å²) in [5.74, 6) is -2.14. The summed E-state index contributed by atoms with van der Waals surface area (Å²) in [5.41, 5.74) is -0.651. The molecule has 0 saturated heterocycles. The highest BCUT2D eigenvalue weighted by molar-refractivity contribution is 5.98. The molecule has 5 heteroatoms. The van der Waals surface area contributed by atoms with Crippen LogP contribution in [0.25, 0.3) is 0 Å². The molecule has 0 aliphatic carbocycles. The van der Waals surface area contributed by atoms with Gasteiger partial charge in [0, 0.05) is 18.1 Å². The van der Waals surface area contributed by atoms with Crippen molar-refractivity contribution in [2.45, 2.75) is 25.9 Å². The van der Waals surface area contributed by atoms with E-state index in [1.807, 2.05) is 6.07 Å². The number of carbonyl (C=O) groups is 3. The van der Waals surface area contributed by atoms with Crippen LogP contribution in [0.15, 0.2) is 42.5 Å². The van der Waals surface area contributed by atoms with Crippen molar-refractivity contribution in [2.75, 3.05) is 6.61 Å². The Morgan fingerprint density at radius 2 is 1.95 bits per heavy atom. The molecule has 0 spiro atoms. The van der Waals surface area contributed by atoms with Gasteiger partial charge in [-0.25, -0.2) is 4.79 Å². The molecule has 2 unspecified atom stereocenters. The minimum Gasteiger partial charge on any atom is -0.466 e. The predicted octanol–water partition coefficient (Wildman–Crippen LogP) is 2.31. The van der Waals surface area contributed by atoms with Gasteiger partial charge in [0.15, 0.2) is 5.78 Å². The van der Waals surface area contributed by atoms with E-state index in [0.29, 0.717) is 5.56 Å². The van der Waals surface area contributed by atoms with Crippen LogP contribution < -0.4 is 0 Å². The summed E-state index contributed by atoms with van der Waals surface area (Å²) in [6, 6.07) is 8.68. The number of carbonyl (C=O) groups excluding carboxylic acids is 3. The fourth-order valence-electron chi connectivity index (χ4n) is 2.40. The van der Waals surface area contributed by atoms with Gasteiger partial charge in [-0.2, -0.15) is 0 Å². The molecule has 0 aromatic heterocycles. The molecule has 1 aliphatic rings. The van der Waals surface area contributed by atoms with Crippen molar-refractivity contribution < 1.29 is 23.9 Å². The fraction of sp³-hybridized carbons (Fsp3) is 0.353. The van der Waals surface area contributed by atoms with Crippen LogP contribution in [0.5, 0.6) is 0 Å². The van der Waals surface area contributed by atoms with Gasteiger partial charge in [-0.15, -0.1) is 0 Å². The smallest absolute Gasteiger partial charge is 0.331 e. The first kappa shape index (κ1) is 15.9. The van der Waals surface area contributed by atoms with Crippen molar-refractivity contribution in [2.24, 2.45) is 5.92 Å². The third kappa shape index (κ3) is 3.42. The van der Waals surface area contributed by atoms with Gasteiger partial charge in [0.1, 0.15) is 11.5 Å². The summed E-state index contributed by atoms with van der Waals surface area (Å²) in [6.07, 6.45) is 2.69. The summed E-state index contributed by atoms with van der Waals surface area (Å²) >= 11 is 0. The largest absolute Gasteiger partial charge is 0.466 e. The Hall–Kier alpha value is -2.43. The Labute approximate surface area is 128 Å². The molecular weight excluding hydrogens is 284 g/mol. The highest BCUT2D eigenvalue weighted by atomic mass is 16.6. The van der Waals surface area contributed by atoms with Gasteiger partial charge in [-0.05, 0) is 19.9 Å². The molecule has 0 bridgehead atoms. The average Bonchev–Trinajstić information content (AvgIpc) is 2.85.